The predicted molar refractivity (Wildman–Crippen MR) is 118 cm³/mol. The van der Waals surface area contributed by atoms with Crippen molar-refractivity contribution in [2.45, 2.75) is 26.4 Å². The molecule has 8 heteroatoms. The van der Waals surface area contributed by atoms with Crippen molar-refractivity contribution in [3.63, 3.8) is 0 Å². The SMILES string of the molecule is CC(C)(C)OC(=O)N1CCN(c2coc3cc(-c4c(O)cccc4F)c(Cl)cc23)CC1. The summed E-state index contributed by atoms with van der Waals surface area (Å²) >= 11 is 6.47. The van der Waals surface area contributed by atoms with Crippen LogP contribution in [0.1, 0.15) is 20.8 Å². The molecule has 1 aromatic heterocycles. The summed E-state index contributed by atoms with van der Waals surface area (Å²) in [6, 6.07) is 7.47. The van der Waals surface area contributed by atoms with Crippen molar-refractivity contribution in [2.24, 2.45) is 0 Å². The Bertz CT molecular complexity index is 1110. The Labute approximate surface area is 184 Å². The zero-order valence-corrected chi connectivity index (χ0v) is 18.4. The molecule has 0 aliphatic carbocycles. The van der Waals surface area contributed by atoms with E-state index in [1.165, 1.54) is 18.2 Å². The smallest absolute Gasteiger partial charge is 0.410 e. The maximum atomic E-state index is 14.3. The molecule has 0 saturated carbocycles. The Kier molecular flexibility index (Phi) is 5.47. The van der Waals surface area contributed by atoms with Gasteiger partial charge >= 0.3 is 6.09 Å². The number of benzene rings is 2. The van der Waals surface area contributed by atoms with Crippen molar-refractivity contribution >= 4 is 34.4 Å². The number of hydrogen-bond donors (Lipinski definition) is 1. The minimum absolute atomic E-state index is 0.0401. The number of fused-ring (bicyclic) bond motifs is 1. The van der Waals surface area contributed by atoms with Gasteiger partial charge in [0.25, 0.3) is 0 Å². The van der Waals surface area contributed by atoms with Gasteiger partial charge in [0.05, 0.1) is 11.3 Å². The first kappa shape index (κ1) is 21.3. The standard InChI is InChI=1S/C23H24ClFN2O4/c1-23(2,3)31-22(29)27-9-7-26(8-10-27)18-13-30-20-12-14(16(24)11-15(18)20)21-17(25)5-4-6-19(21)28/h4-6,11-13,28H,7-10H2,1-3H3. The number of ether oxygens (including phenoxy) is 1. The van der Waals surface area contributed by atoms with Gasteiger partial charge < -0.3 is 24.1 Å². The predicted octanol–water partition coefficient (Wildman–Crippen LogP) is 5.66. The summed E-state index contributed by atoms with van der Waals surface area (Å²) in [4.78, 5) is 16.1. The molecule has 164 valence electrons. The number of carbonyl (C=O) groups excluding carboxylic acids is 1. The molecule has 31 heavy (non-hydrogen) atoms. The molecule has 6 nitrogen and oxygen atoms in total. The number of anilines is 1. The number of nitrogens with zero attached hydrogens (tertiary/aromatic N) is 2. The average Bonchev–Trinajstić information content (AvgIpc) is 3.09. The molecule has 1 saturated heterocycles. The first-order chi connectivity index (χ1) is 14.6. The third-order valence-electron chi connectivity index (χ3n) is 5.18. The topological polar surface area (TPSA) is 66.2 Å². The number of piperazine rings is 1. The Morgan fingerprint density at radius 1 is 1.19 bits per heavy atom. The van der Waals surface area contributed by atoms with Gasteiger partial charge in [0, 0.05) is 42.2 Å². The van der Waals surface area contributed by atoms with Crippen LogP contribution in [-0.4, -0.2) is 47.9 Å². The lowest BCUT2D eigenvalue weighted by atomic mass is 10.0. The molecular weight excluding hydrogens is 423 g/mol. The van der Waals surface area contributed by atoms with E-state index in [-0.39, 0.29) is 17.4 Å². The number of amides is 1. The summed E-state index contributed by atoms with van der Waals surface area (Å²) in [5.41, 5.74) is 1.26. The van der Waals surface area contributed by atoms with Gasteiger partial charge in [0.15, 0.2) is 0 Å². The molecule has 0 bridgehead atoms. The van der Waals surface area contributed by atoms with Gasteiger partial charge in [-0.05, 0) is 45.0 Å². The lowest BCUT2D eigenvalue weighted by Crippen LogP contribution is -2.50. The van der Waals surface area contributed by atoms with Crippen LogP contribution in [0.2, 0.25) is 5.02 Å². The molecule has 0 unspecified atom stereocenters. The van der Waals surface area contributed by atoms with E-state index in [0.717, 1.165) is 11.1 Å². The zero-order valence-electron chi connectivity index (χ0n) is 17.6. The fraction of sp³-hybridized carbons (Fsp3) is 0.348. The molecule has 1 aliphatic heterocycles. The van der Waals surface area contributed by atoms with Crippen LogP contribution >= 0.6 is 11.6 Å². The molecular formula is C23H24ClFN2O4. The van der Waals surface area contributed by atoms with Crippen molar-refractivity contribution in [2.75, 3.05) is 31.1 Å². The highest BCUT2D eigenvalue weighted by Gasteiger charge is 2.27. The molecule has 1 N–H and O–H groups in total. The van der Waals surface area contributed by atoms with Crippen molar-refractivity contribution in [1.82, 2.24) is 4.90 Å². The summed E-state index contributed by atoms with van der Waals surface area (Å²) in [5, 5.41) is 11.2. The molecule has 1 aliphatic rings. The van der Waals surface area contributed by atoms with Crippen LogP contribution in [-0.2, 0) is 4.74 Å². The first-order valence-corrected chi connectivity index (χ1v) is 10.4. The summed E-state index contributed by atoms with van der Waals surface area (Å²) < 4.78 is 25.5. The average molecular weight is 447 g/mol. The summed E-state index contributed by atoms with van der Waals surface area (Å²) in [6.07, 6.45) is 1.32. The number of aromatic hydroxyl groups is 1. The highest BCUT2D eigenvalue weighted by atomic mass is 35.5. The second-order valence-electron chi connectivity index (χ2n) is 8.54. The van der Waals surface area contributed by atoms with E-state index in [9.17, 15) is 14.3 Å². The molecule has 0 atom stereocenters. The fourth-order valence-electron chi connectivity index (χ4n) is 3.71. The van der Waals surface area contributed by atoms with Gasteiger partial charge in [-0.25, -0.2) is 9.18 Å². The van der Waals surface area contributed by atoms with E-state index in [1.54, 1.807) is 23.3 Å². The highest BCUT2D eigenvalue weighted by molar-refractivity contribution is 6.34. The van der Waals surface area contributed by atoms with E-state index in [2.05, 4.69) is 4.90 Å². The molecule has 0 spiro atoms. The molecule has 2 aromatic carbocycles. The maximum absolute atomic E-state index is 14.3. The van der Waals surface area contributed by atoms with E-state index in [1.807, 2.05) is 20.8 Å². The van der Waals surface area contributed by atoms with Gasteiger partial charge in [-0.2, -0.15) is 0 Å². The number of carbonyl (C=O) groups is 1. The number of rotatable bonds is 2. The highest BCUT2D eigenvalue weighted by Crippen LogP contribution is 2.41. The second kappa shape index (κ2) is 7.96. The van der Waals surface area contributed by atoms with Crippen LogP contribution in [0, 0.1) is 5.82 Å². The molecule has 1 fully saturated rings. The lowest BCUT2D eigenvalue weighted by molar-refractivity contribution is 0.0240. The summed E-state index contributed by atoms with van der Waals surface area (Å²) in [5.74, 6) is -0.752. The monoisotopic (exact) mass is 446 g/mol. The Morgan fingerprint density at radius 3 is 2.55 bits per heavy atom. The number of halogens is 2. The van der Waals surface area contributed by atoms with Gasteiger partial charge in [0.1, 0.15) is 29.0 Å². The van der Waals surface area contributed by atoms with Crippen molar-refractivity contribution in [3.8, 4) is 16.9 Å². The van der Waals surface area contributed by atoms with Crippen LogP contribution in [0.25, 0.3) is 22.1 Å². The molecule has 4 rings (SSSR count). The number of phenolic OH excluding ortho intramolecular Hbond substituents is 1. The van der Waals surface area contributed by atoms with E-state index in [0.29, 0.717) is 42.3 Å². The van der Waals surface area contributed by atoms with Crippen molar-refractivity contribution in [1.29, 1.82) is 0 Å². The first-order valence-electron chi connectivity index (χ1n) is 10.1. The Balaban J connectivity index is 1.57. The third-order valence-corrected chi connectivity index (χ3v) is 5.49. The largest absolute Gasteiger partial charge is 0.507 e. The van der Waals surface area contributed by atoms with Crippen LogP contribution in [0.5, 0.6) is 5.75 Å². The minimum Gasteiger partial charge on any atom is -0.507 e. The summed E-state index contributed by atoms with van der Waals surface area (Å²) in [6.45, 7) is 7.81. The normalized spacial score (nSPS) is 14.9. The summed E-state index contributed by atoms with van der Waals surface area (Å²) in [7, 11) is 0. The third kappa shape index (κ3) is 4.28. The maximum Gasteiger partial charge on any atom is 0.410 e. The number of hydrogen-bond acceptors (Lipinski definition) is 5. The lowest BCUT2D eigenvalue weighted by Gasteiger charge is -2.36. The van der Waals surface area contributed by atoms with Gasteiger partial charge in [0.2, 0.25) is 0 Å². The molecule has 1 amide bonds. The quantitative estimate of drug-likeness (QED) is 0.550. The minimum atomic E-state index is -0.564. The van der Waals surface area contributed by atoms with Crippen molar-refractivity contribution in [3.05, 3.63) is 47.4 Å². The molecule has 2 heterocycles. The van der Waals surface area contributed by atoms with Crippen LogP contribution in [0.4, 0.5) is 14.9 Å². The Morgan fingerprint density at radius 2 is 1.90 bits per heavy atom. The molecule has 0 radical (unpaired) electrons. The Hall–Kier alpha value is -2.93. The van der Waals surface area contributed by atoms with Gasteiger partial charge in [-0.15, -0.1) is 0 Å². The van der Waals surface area contributed by atoms with E-state index < -0.39 is 11.4 Å². The van der Waals surface area contributed by atoms with E-state index in [4.69, 9.17) is 20.8 Å². The fourth-order valence-corrected chi connectivity index (χ4v) is 3.96. The van der Waals surface area contributed by atoms with E-state index >= 15 is 0 Å². The molecule has 3 aromatic rings. The van der Waals surface area contributed by atoms with Crippen molar-refractivity contribution < 1.29 is 23.4 Å². The number of phenols is 1. The zero-order chi connectivity index (χ0) is 22.3. The van der Waals surface area contributed by atoms with Crippen LogP contribution in [0.3, 0.4) is 0 Å². The van der Waals surface area contributed by atoms with Crippen LogP contribution < -0.4 is 4.90 Å². The van der Waals surface area contributed by atoms with Gasteiger partial charge in [-0.3, -0.25) is 0 Å². The number of furan rings is 1. The second-order valence-corrected chi connectivity index (χ2v) is 8.94. The van der Waals surface area contributed by atoms with Crippen LogP contribution in [0.15, 0.2) is 41.0 Å². The van der Waals surface area contributed by atoms with Gasteiger partial charge in [-0.1, -0.05) is 17.7 Å².